The summed E-state index contributed by atoms with van der Waals surface area (Å²) in [4.78, 5) is 13.8. The standard InChI is InChI=1S/C14H19NO2/c1-11(2)17-14(16)15-10-6-9-13(15)12-7-4-3-5-8-12/h3-5,7-8,11,13H,6,9-10H2,1-2H3. The summed E-state index contributed by atoms with van der Waals surface area (Å²) in [6.07, 6.45) is 1.83. The molecule has 92 valence electrons. The van der Waals surface area contributed by atoms with Crippen molar-refractivity contribution in [2.75, 3.05) is 6.54 Å². The molecule has 1 fully saturated rings. The number of hydrogen-bond donors (Lipinski definition) is 0. The molecule has 0 bridgehead atoms. The number of carbonyl (C=O) groups is 1. The van der Waals surface area contributed by atoms with Gasteiger partial charge >= 0.3 is 6.09 Å². The molecule has 1 saturated heterocycles. The molecule has 1 unspecified atom stereocenters. The Balaban J connectivity index is 2.10. The highest BCUT2D eigenvalue weighted by Gasteiger charge is 2.31. The Morgan fingerprint density at radius 2 is 2.06 bits per heavy atom. The summed E-state index contributed by atoms with van der Waals surface area (Å²) >= 11 is 0. The first-order chi connectivity index (χ1) is 8.18. The van der Waals surface area contributed by atoms with E-state index in [9.17, 15) is 4.79 Å². The van der Waals surface area contributed by atoms with Gasteiger partial charge < -0.3 is 9.64 Å². The van der Waals surface area contributed by atoms with Gasteiger partial charge in [0.1, 0.15) is 0 Å². The molecule has 0 N–H and O–H groups in total. The average molecular weight is 233 g/mol. The Kier molecular flexibility index (Phi) is 3.67. The second-order valence-corrected chi connectivity index (χ2v) is 4.69. The van der Waals surface area contributed by atoms with Gasteiger partial charge in [0.2, 0.25) is 0 Å². The van der Waals surface area contributed by atoms with Crippen LogP contribution in [0.25, 0.3) is 0 Å². The molecular weight excluding hydrogens is 214 g/mol. The summed E-state index contributed by atoms with van der Waals surface area (Å²) in [6, 6.07) is 10.4. The SMILES string of the molecule is CC(C)OC(=O)N1CCCC1c1ccccc1. The number of rotatable bonds is 2. The van der Waals surface area contributed by atoms with Crippen LogP contribution in [0, 0.1) is 0 Å². The molecule has 17 heavy (non-hydrogen) atoms. The summed E-state index contributed by atoms with van der Waals surface area (Å²) in [5, 5.41) is 0. The predicted molar refractivity (Wildman–Crippen MR) is 66.7 cm³/mol. The van der Waals surface area contributed by atoms with Crippen molar-refractivity contribution in [2.24, 2.45) is 0 Å². The van der Waals surface area contributed by atoms with E-state index in [-0.39, 0.29) is 18.2 Å². The van der Waals surface area contributed by atoms with Gasteiger partial charge in [-0.3, -0.25) is 0 Å². The Labute approximate surface area is 102 Å². The van der Waals surface area contributed by atoms with Crippen molar-refractivity contribution in [1.29, 1.82) is 0 Å². The van der Waals surface area contributed by atoms with Crippen molar-refractivity contribution in [3.63, 3.8) is 0 Å². The number of amides is 1. The van der Waals surface area contributed by atoms with Crippen molar-refractivity contribution < 1.29 is 9.53 Å². The molecule has 1 amide bonds. The molecule has 1 heterocycles. The third-order valence-electron chi connectivity index (χ3n) is 3.01. The lowest BCUT2D eigenvalue weighted by Gasteiger charge is -2.25. The van der Waals surface area contributed by atoms with E-state index in [1.807, 2.05) is 36.9 Å². The zero-order valence-electron chi connectivity index (χ0n) is 10.4. The minimum absolute atomic E-state index is 0.0560. The van der Waals surface area contributed by atoms with Gasteiger partial charge in [-0.1, -0.05) is 30.3 Å². The number of benzene rings is 1. The minimum Gasteiger partial charge on any atom is -0.447 e. The van der Waals surface area contributed by atoms with E-state index in [1.54, 1.807) is 0 Å². The van der Waals surface area contributed by atoms with Gasteiger partial charge in [-0.25, -0.2) is 4.79 Å². The van der Waals surface area contributed by atoms with Crippen LogP contribution in [0.3, 0.4) is 0 Å². The maximum Gasteiger partial charge on any atom is 0.410 e. The smallest absolute Gasteiger partial charge is 0.410 e. The summed E-state index contributed by atoms with van der Waals surface area (Å²) in [7, 11) is 0. The fourth-order valence-corrected chi connectivity index (χ4v) is 2.28. The van der Waals surface area contributed by atoms with E-state index < -0.39 is 0 Å². The van der Waals surface area contributed by atoms with Gasteiger partial charge in [0.15, 0.2) is 0 Å². The molecule has 0 aliphatic carbocycles. The maximum absolute atomic E-state index is 11.9. The topological polar surface area (TPSA) is 29.5 Å². The molecular formula is C14H19NO2. The van der Waals surface area contributed by atoms with Crippen LogP contribution >= 0.6 is 0 Å². The monoisotopic (exact) mass is 233 g/mol. The highest BCUT2D eigenvalue weighted by Crippen LogP contribution is 2.32. The predicted octanol–water partition coefficient (Wildman–Crippen LogP) is 3.37. The molecule has 1 aliphatic rings. The summed E-state index contributed by atoms with van der Waals surface area (Å²) in [6.45, 7) is 4.56. The quantitative estimate of drug-likeness (QED) is 0.783. The van der Waals surface area contributed by atoms with Gasteiger partial charge in [0.25, 0.3) is 0 Å². The van der Waals surface area contributed by atoms with Gasteiger partial charge in [0, 0.05) is 6.54 Å². The molecule has 0 aromatic heterocycles. The third kappa shape index (κ3) is 2.78. The number of likely N-dealkylation sites (tertiary alicyclic amines) is 1. The minimum atomic E-state index is -0.189. The Morgan fingerprint density at radius 3 is 2.71 bits per heavy atom. The number of carbonyl (C=O) groups excluding carboxylic acids is 1. The fraction of sp³-hybridized carbons (Fsp3) is 0.500. The van der Waals surface area contributed by atoms with Crippen LogP contribution in [0.1, 0.15) is 38.3 Å². The first-order valence-electron chi connectivity index (χ1n) is 6.20. The van der Waals surface area contributed by atoms with Crippen molar-refractivity contribution in [2.45, 2.75) is 38.8 Å². The van der Waals surface area contributed by atoms with Crippen LogP contribution < -0.4 is 0 Å². The molecule has 0 spiro atoms. The first kappa shape index (κ1) is 12.0. The van der Waals surface area contributed by atoms with Crippen LogP contribution in [-0.2, 0) is 4.74 Å². The molecule has 1 aromatic carbocycles. The zero-order chi connectivity index (χ0) is 12.3. The van der Waals surface area contributed by atoms with Crippen molar-refractivity contribution in [1.82, 2.24) is 4.90 Å². The number of hydrogen-bond acceptors (Lipinski definition) is 2. The molecule has 2 rings (SSSR count). The summed E-state index contributed by atoms with van der Waals surface area (Å²) < 4.78 is 5.27. The zero-order valence-corrected chi connectivity index (χ0v) is 10.4. The second-order valence-electron chi connectivity index (χ2n) is 4.69. The molecule has 1 atom stereocenters. The van der Waals surface area contributed by atoms with Gasteiger partial charge in [-0.05, 0) is 32.3 Å². The summed E-state index contributed by atoms with van der Waals surface area (Å²) in [5.41, 5.74) is 1.20. The third-order valence-corrected chi connectivity index (χ3v) is 3.01. The lowest BCUT2D eigenvalue weighted by Crippen LogP contribution is -2.32. The van der Waals surface area contributed by atoms with Crippen molar-refractivity contribution in [3.8, 4) is 0 Å². The Bertz CT molecular complexity index is 375. The maximum atomic E-state index is 11.9. The molecule has 1 aliphatic heterocycles. The Morgan fingerprint density at radius 1 is 1.35 bits per heavy atom. The van der Waals surface area contributed by atoms with Gasteiger partial charge in [-0.15, -0.1) is 0 Å². The molecule has 0 radical (unpaired) electrons. The molecule has 3 nitrogen and oxygen atoms in total. The average Bonchev–Trinajstić information content (AvgIpc) is 2.78. The Hall–Kier alpha value is -1.51. The van der Waals surface area contributed by atoms with Crippen LogP contribution in [0.15, 0.2) is 30.3 Å². The van der Waals surface area contributed by atoms with Gasteiger partial charge in [-0.2, -0.15) is 0 Å². The van der Waals surface area contributed by atoms with E-state index in [2.05, 4.69) is 12.1 Å². The highest BCUT2D eigenvalue weighted by molar-refractivity contribution is 5.69. The largest absolute Gasteiger partial charge is 0.447 e. The first-order valence-corrected chi connectivity index (χ1v) is 6.20. The lowest BCUT2D eigenvalue weighted by molar-refractivity contribution is 0.0731. The van der Waals surface area contributed by atoms with E-state index in [4.69, 9.17) is 4.74 Å². The number of ether oxygens (including phenoxy) is 1. The summed E-state index contributed by atoms with van der Waals surface area (Å²) in [5.74, 6) is 0. The molecule has 0 saturated carbocycles. The van der Waals surface area contributed by atoms with Crippen LogP contribution in [0.2, 0.25) is 0 Å². The highest BCUT2D eigenvalue weighted by atomic mass is 16.6. The molecule has 1 aromatic rings. The number of nitrogens with zero attached hydrogens (tertiary/aromatic N) is 1. The van der Waals surface area contributed by atoms with E-state index in [0.717, 1.165) is 19.4 Å². The van der Waals surface area contributed by atoms with Gasteiger partial charge in [0.05, 0.1) is 12.1 Å². The van der Waals surface area contributed by atoms with Crippen LogP contribution in [0.5, 0.6) is 0 Å². The normalized spacial score (nSPS) is 19.7. The van der Waals surface area contributed by atoms with E-state index in [0.29, 0.717) is 0 Å². The fourth-order valence-electron chi connectivity index (χ4n) is 2.28. The second kappa shape index (κ2) is 5.21. The molecule has 3 heteroatoms. The van der Waals surface area contributed by atoms with E-state index in [1.165, 1.54) is 5.56 Å². The van der Waals surface area contributed by atoms with Crippen LogP contribution in [0.4, 0.5) is 4.79 Å². The van der Waals surface area contributed by atoms with Crippen molar-refractivity contribution >= 4 is 6.09 Å². The lowest BCUT2D eigenvalue weighted by atomic mass is 10.1. The van der Waals surface area contributed by atoms with Crippen LogP contribution in [-0.4, -0.2) is 23.6 Å². The van der Waals surface area contributed by atoms with E-state index >= 15 is 0 Å². The van der Waals surface area contributed by atoms with Crippen molar-refractivity contribution in [3.05, 3.63) is 35.9 Å².